The fourth-order valence-corrected chi connectivity index (χ4v) is 3.42. The summed E-state index contributed by atoms with van der Waals surface area (Å²) in [6, 6.07) is 7.57. The van der Waals surface area contributed by atoms with Gasteiger partial charge in [0, 0.05) is 33.0 Å². The van der Waals surface area contributed by atoms with Crippen LogP contribution in [-0.4, -0.2) is 46.9 Å². The Balaban J connectivity index is 2.44. The minimum absolute atomic E-state index is 0.0702. The molecule has 0 aromatic heterocycles. The number of hydrogen-bond acceptors (Lipinski definition) is 4. The third-order valence-corrected chi connectivity index (χ3v) is 4.84. The zero-order valence-electron chi connectivity index (χ0n) is 16.6. The Labute approximate surface area is 158 Å². The van der Waals surface area contributed by atoms with Crippen molar-refractivity contribution in [2.24, 2.45) is 10.9 Å². The molecule has 0 aliphatic carbocycles. The summed E-state index contributed by atoms with van der Waals surface area (Å²) in [5, 5.41) is 6.57. The molecule has 1 atom stereocenters. The lowest BCUT2D eigenvalue weighted by Crippen LogP contribution is -2.38. The number of nitrogens with zero attached hydrogens (tertiary/aromatic N) is 1. The molecule has 0 fully saturated rings. The van der Waals surface area contributed by atoms with Gasteiger partial charge in [-0.15, -0.1) is 0 Å². The second kappa shape index (κ2) is 11.2. The molecule has 0 spiro atoms. The van der Waals surface area contributed by atoms with E-state index >= 15 is 0 Å². The predicted molar refractivity (Wildman–Crippen MR) is 108 cm³/mol. The minimum atomic E-state index is -3.00. The lowest BCUT2D eigenvalue weighted by Gasteiger charge is -2.21. The standard InChI is InChI=1S/C19H33N3O3S/c1-6-25-18(15(2)3)11-12-21-19(20-4)22-13-16-7-9-17(10-8-16)14-26(5,23)24/h7-10,15,18H,6,11-14H2,1-5H3,(H2,20,21,22). The highest BCUT2D eigenvalue weighted by molar-refractivity contribution is 7.89. The van der Waals surface area contributed by atoms with Gasteiger partial charge in [0.05, 0.1) is 11.9 Å². The van der Waals surface area contributed by atoms with Gasteiger partial charge in [0.15, 0.2) is 15.8 Å². The zero-order valence-corrected chi connectivity index (χ0v) is 17.4. The quantitative estimate of drug-likeness (QED) is 0.479. The van der Waals surface area contributed by atoms with Crippen LogP contribution in [-0.2, 0) is 26.9 Å². The van der Waals surface area contributed by atoms with Crippen LogP contribution in [0.2, 0.25) is 0 Å². The highest BCUT2D eigenvalue weighted by Crippen LogP contribution is 2.10. The topological polar surface area (TPSA) is 79.8 Å². The van der Waals surface area contributed by atoms with Crippen molar-refractivity contribution >= 4 is 15.8 Å². The molecule has 1 aromatic rings. The first-order valence-corrected chi connectivity index (χ1v) is 11.1. The molecule has 26 heavy (non-hydrogen) atoms. The molecular weight excluding hydrogens is 350 g/mol. The van der Waals surface area contributed by atoms with E-state index in [0.29, 0.717) is 12.5 Å². The van der Waals surface area contributed by atoms with Crippen LogP contribution in [0.1, 0.15) is 38.3 Å². The molecule has 0 aliphatic rings. The van der Waals surface area contributed by atoms with Crippen molar-refractivity contribution in [1.82, 2.24) is 10.6 Å². The van der Waals surface area contributed by atoms with Gasteiger partial charge >= 0.3 is 0 Å². The first-order valence-electron chi connectivity index (χ1n) is 9.06. The minimum Gasteiger partial charge on any atom is -0.378 e. The van der Waals surface area contributed by atoms with Gasteiger partial charge in [0.1, 0.15) is 0 Å². The summed E-state index contributed by atoms with van der Waals surface area (Å²) in [4.78, 5) is 4.23. The van der Waals surface area contributed by atoms with Crippen LogP contribution < -0.4 is 10.6 Å². The van der Waals surface area contributed by atoms with Gasteiger partial charge in [0.2, 0.25) is 0 Å². The first-order chi connectivity index (χ1) is 12.2. The molecule has 1 rings (SSSR count). The summed E-state index contributed by atoms with van der Waals surface area (Å²) in [5.74, 6) is 1.29. The normalized spacial score (nSPS) is 13.7. The predicted octanol–water partition coefficient (Wildman–Crippen LogP) is 2.35. The number of nitrogens with one attached hydrogen (secondary N) is 2. The Hall–Kier alpha value is -1.60. The molecule has 6 nitrogen and oxygen atoms in total. The number of aliphatic imine (C=N–C) groups is 1. The molecule has 148 valence electrons. The summed E-state index contributed by atoms with van der Waals surface area (Å²) in [6.07, 6.45) is 2.41. The van der Waals surface area contributed by atoms with E-state index in [0.717, 1.165) is 36.7 Å². The van der Waals surface area contributed by atoms with Gasteiger partial charge in [-0.2, -0.15) is 0 Å². The molecule has 2 N–H and O–H groups in total. The van der Waals surface area contributed by atoms with E-state index in [1.54, 1.807) is 7.05 Å². The molecule has 0 radical (unpaired) electrons. The Morgan fingerprint density at radius 3 is 2.27 bits per heavy atom. The van der Waals surface area contributed by atoms with Crippen LogP contribution in [0.4, 0.5) is 0 Å². The molecule has 0 heterocycles. The fraction of sp³-hybridized carbons (Fsp3) is 0.632. The number of sulfone groups is 1. The Kier molecular flexibility index (Phi) is 9.65. The maximum atomic E-state index is 11.3. The lowest BCUT2D eigenvalue weighted by molar-refractivity contribution is 0.0258. The maximum Gasteiger partial charge on any atom is 0.191 e. The largest absolute Gasteiger partial charge is 0.378 e. The van der Waals surface area contributed by atoms with Crippen LogP contribution in [0.5, 0.6) is 0 Å². The van der Waals surface area contributed by atoms with E-state index in [2.05, 4.69) is 29.5 Å². The molecular formula is C19H33N3O3S. The summed E-state index contributed by atoms with van der Waals surface area (Å²) >= 11 is 0. The van der Waals surface area contributed by atoms with Crippen molar-refractivity contribution in [2.45, 2.75) is 45.6 Å². The Morgan fingerprint density at radius 2 is 1.77 bits per heavy atom. The average Bonchev–Trinajstić information content (AvgIpc) is 2.56. The second-order valence-electron chi connectivity index (χ2n) is 6.77. The maximum absolute atomic E-state index is 11.3. The van der Waals surface area contributed by atoms with E-state index in [1.807, 2.05) is 31.2 Å². The average molecular weight is 384 g/mol. The van der Waals surface area contributed by atoms with Crippen molar-refractivity contribution in [3.63, 3.8) is 0 Å². The van der Waals surface area contributed by atoms with Gasteiger partial charge in [-0.1, -0.05) is 38.1 Å². The summed E-state index contributed by atoms with van der Waals surface area (Å²) in [5.41, 5.74) is 1.87. The highest BCUT2D eigenvalue weighted by atomic mass is 32.2. The third-order valence-electron chi connectivity index (χ3n) is 3.98. The van der Waals surface area contributed by atoms with Gasteiger partial charge in [-0.05, 0) is 30.4 Å². The summed E-state index contributed by atoms with van der Waals surface area (Å²) in [6.45, 7) is 8.49. The van der Waals surface area contributed by atoms with Crippen molar-refractivity contribution in [3.8, 4) is 0 Å². The molecule has 0 amide bonds. The summed E-state index contributed by atoms with van der Waals surface area (Å²) in [7, 11) is -1.26. The van der Waals surface area contributed by atoms with E-state index in [1.165, 1.54) is 6.26 Å². The van der Waals surface area contributed by atoms with Gasteiger partial charge in [-0.25, -0.2) is 8.42 Å². The third kappa shape index (κ3) is 9.20. The van der Waals surface area contributed by atoms with Crippen LogP contribution >= 0.6 is 0 Å². The number of benzene rings is 1. The molecule has 0 bridgehead atoms. The van der Waals surface area contributed by atoms with E-state index in [4.69, 9.17) is 4.74 Å². The van der Waals surface area contributed by atoms with E-state index in [-0.39, 0.29) is 11.9 Å². The lowest BCUT2D eigenvalue weighted by atomic mass is 10.0. The first kappa shape index (κ1) is 22.4. The van der Waals surface area contributed by atoms with E-state index in [9.17, 15) is 8.42 Å². The number of ether oxygens (including phenoxy) is 1. The van der Waals surface area contributed by atoms with E-state index < -0.39 is 9.84 Å². The van der Waals surface area contributed by atoms with Crippen LogP contribution in [0.15, 0.2) is 29.3 Å². The zero-order chi connectivity index (χ0) is 19.6. The SMILES string of the molecule is CCOC(CCNC(=NC)NCc1ccc(CS(C)(=O)=O)cc1)C(C)C. The fourth-order valence-electron chi connectivity index (χ4n) is 2.62. The van der Waals surface area contributed by atoms with Gasteiger partial charge in [-0.3, -0.25) is 4.99 Å². The van der Waals surface area contributed by atoms with Crippen molar-refractivity contribution in [3.05, 3.63) is 35.4 Å². The van der Waals surface area contributed by atoms with Crippen molar-refractivity contribution in [1.29, 1.82) is 0 Å². The molecule has 0 saturated carbocycles. The Bertz CT molecular complexity index is 655. The number of rotatable bonds is 10. The molecule has 1 unspecified atom stereocenters. The highest BCUT2D eigenvalue weighted by Gasteiger charge is 2.13. The molecule has 0 saturated heterocycles. The number of hydrogen-bond donors (Lipinski definition) is 2. The van der Waals surface area contributed by atoms with Gasteiger partial charge in [0.25, 0.3) is 0 Å². The smallest absolute Gasteiger partial charge is 0.191 e. The van der Waals surface area contributed by atoms with Gasteiger partial charge < -0.3 is 15.4 Å². The van der Waals surface area contributed by atoms with Crippen LogP contribution in [0.25, 0.3) is 0 Å². The molecule has 1 aromatic carbocycles. The van der Waals surface area contributed by atoms with Crippen LogP contribution in [0, 0.1) is 5.92 Å². The molecule has 7 heteroatoms. The Morgan fingerprint density at radius 1 is 1.15 bits per heavy atom. The van der Waals surface area contributed by atoms with Crippen LogP contribution in [0.3, 0.4) is 0 Å². The second-order valence-corrected chi connectivity index (χ2v) is 8.91. The summed E-state index contributed by atoms with van der Waals surface area (Å²) < 4.78 is 28.4. The number of guanidine groups is 1. The monoisotopic (exact) mass is 383 g/mol. The van der Waals surface area contributed by atoms with Crippen molar-refractivity contribution in [2.75, 3.05) is 26.5 Å². The van der Waals surface area contributed by atoms with Crippen molar-refractivity contribution < 1.29 is 13.2 Å². The molecule has 0 aliphatic heterocycles.